The smallest absolute Gasteiger partial charge is 0.350 e. The fraction of sp³-hybridized carbons (Fsp3) is 0.222. The second-order valence-corrected chi connectivity index (χ2v) is 6.36. The third-order valence-electron chi connectivity index (χ3n) is 4.82. The molecular formula is C18H7F6NO3. The van der Waals surface area contributed by atoms with Gasteiger partial charge in [0.05, 0.1) is 12.1 Å². The maximum absolute atomic E-state index is 14.4. The largest absolute Gasteiger partial charge is 0.458 e. The minimum atomic E-state index is -5.28. The molecule has 0 radical (unpaired) electrons. The summed E-state index contributed by atoms with van der Waals surface area (Å²) in [4.78, 5) is 15.2. The summed E-state index contributed by atoms with van der Waals surface area (Å²) in [6.07, 6.45) is -3.35. The Balaban J connectivity index is 1.93. The van der Waals surface area contributed by atoms with Crippen molar-refractivity contribution < 1.29 is 41.0 Å². The van der Waals surface area contributed by atoms with E-state index >= 15 is 0 Å². The van der Waals surface area contributed by atoms with Crippen molar-refractivity contribution in [2.75, 3.05) is 0 Å². The first kappa shape index (κ1) is 18.3. The molecule has 0 heterocycles. The van der Waals surface area contributed by atoms with Crippen molar-refractivity contribution >= 4 is 11.5 Å². The molecule has 144 valence electrons. The zero-order valence-electron chi connectivity index (χ0n) is 13.4. The van der Waals surface area contributed by atoms with Gasteiger partial charge in [0.2, 0.25) is 17.6 Å². The maximum atomic E-state index is 14.4. The van der Waals surface area contributed by atoms with Crippen LogP contribution in [0.5, 0.6) is 11.5 Å². The van der Waals surface area contributed by atoms with Gasteiger partial charge in [-0.15, -0.1) is 0 Å². The van der Waals surface area contributed by atoms with Crippen molar-refractivity contribution in [2.24, 2.45) is 0 Å². The summed E-state index contributed by atoms with van der Waals surface area (Å²) in [5.74, 6) is -13.7. The molecule has 1 N–H and O–H groups in total. The number of aliphatic hydroxyl groups is 1. The number of nitrogens with zero attached hydrogens (tertiary/aromatic N) is 1. The van der Waals surface area contributed by atoms with E-state index in [2.05, 4.69) is 4.85 Å². The summed E-state index contributed by atoms with van der Waals surface area (Å²) >= 11 is 0. The van der Waals surface area contributed by atoms with Gasteiger partial charge in [-0.2, -0.15) is 17.6 Å². The Labute approximate surface area is 152 Å². The normalized spacial score (nSPS) is 26.1. The van der Waals surface area contributed by atoms with Gasteiger partial charge < -0.3 is 9.84 Å². The van der Waals surface area contributed by atoms with Crippen molar-refractivity contribution in [3.05, 3.63) is 64.3 Å². The topological polar surface area (TPSA) is 50.9 Å². The zero-order valence-corrected chi connectivity index (χ0v) is 13.4. The molecule has 10 heteroatoms. The molecule has 0 aliphatic heterocycles. The van der Waals surface area contributed by atoms with E-state index in [9.17, 15) is 36.2 Å². The van der Waals surface area contributed by atoms with Crippen LogP contribution in [-0.2, 0) is 11.5 Å². The molecule has 0 saturated carbocycles. The number of ether oxygens (including phenoxy) is 1. The Bertz CT molecular complexity index is 1090. The highest BCUT2D eigenvalue weighted by Crippen LogP contribution is 2.66. The highest BCUT2D eigenvalue weighted by atomic mass is 19.3. The number of rotatable bonds is 2. The van der Waals surface area contributed by atoms with Crippen LogP contribution in [0.15, 0.2) is 30.3 Å². The van der Waals surface area contributed by atoms with Crippen LogP contribution < -0.4 is 4.74 Å². The van der Waals surface area contributed by atoms with E-state index in [4.69, 9.17) is 11.3 Å². The Morgan fingerprint density at radius 1 is 1.14 bits per heavy atom. The van der Waals surface area contributed by atoms with Crippen LogP contribution in [0, 0.1) is 12.4 Å². The first-order valence-corrected chi connectivity index (χ1v) is 7.67. The van der Waals surface area contributed by atoms with Gasteiger partial charge in [0.15, 0.2) is 5.69 Å². The molecule has 0 spiro atoms. The summed E-state index contributed by atoms with van der Waals surface area (Å²) in [7, 11) is 0. The highest BCUT2D eigenvalue weighted by Gasteiger charge is 2.82. The van der Waals surface area contributed by atoms with E-state index in [0.29, 0.717) is 6.07 Å². The molecule has 0 aromatic heterocycles. The summed E-state index contributed by atoms with van der Waals surface area (Å²) in [5, 5.41) is 10.1. The van der Waals surface area contributed by atoms with Crippen LogP contribution in [0.2, 0.25) is 0 Å². The molecule has 28 heavy (non-hydrogen) atoms. The van der Waals surface area contributed by atoms with Crippen LogP contribution in [0.25, 0.3) is 4.85 Å². The second-order valence-electron chi connectivity index (χ2n) is 6.36. The van der Waals surface area contributed by atoms with Gasteiger partial charge in [0.25, 0.3) is 0 Å². The Kier molecular flexibility index (Phi) is 3.44. The quantitative estimate of drug-likeness (QED) is 0.592. The minimum Gasteiger partial charge on any atom is -0.458 e. The average Bonchev–Trinajstić information content (AvgIpc) is 2.90. The zero-order chi connectivity index (χ0) is 20.6. The van der Waals surface area contributed by atoms with Crippen molar-refractivity contribution in [3.63, 3.8) is 0 Å². The standard InChI is InChI=1S/C18H7F6NO3/c1-25-8-4-7(19)5-9(6-8)28-11-3-2-10-13-12(11)14(26)15(20)16(13,27)18(23,24)17(10,21)22/h2-6,15,27H/t15-,16-/m0/s1. The summed E-state index contributed by atoms with van der Waals surface area (Å²) in [6, 6.07) is 3.90. The molecule has 2 aliphatic carbocycles. The number of hydrogen-bond acceptors (Lipinski definition) is 3. The Morgan fingerprint density at radius 2 is 1.82 bits per heavy atom. The van der Waals surface area contributed by atoms with Crippen molar-refractivity contribution in [1.29, 1.82) is 0 Å². The van der Waals surface area contributed by atoms with Gasteiger partial charge in [-0.05, 0) is 24.3 Å². The number of Topliss-reactive ketones (excluding diaryl/α,β-unsaturated/α-hetero) is 1. The molecule has 2 atom stereocenters. The van der Waals surface area contributed by atoms with E-state index in [1.807, 2.05) is 0 Å². The van der Waals surface area contributed by atoms with Crippen LogP contribution >= 0.6 is 0 Å². The molecule has 0 unspecified atom stereocenters. The fourth-order valence-electron chi connectivity index (χ4n) is 3.54. The van der Waals surface area contributed by atoms with Gasteiger partial charge in [-0.3, -0.25) is 4.79 Å². The number of ketones is 1. The molecule has 4 rings (SSSR count). The number of carbonyl (C=O) groups excluding carboxylic acids is 1. The summed E-state index contributed by atoms with van der Waals surface area (Å²) < 4.78 is 89.8. The van der Waals surface area contributed by atoms with E-state index in [-0.39, 0.29) is 11.4 Å². The number of benzene rings is 2. The van der Waals surface area contributed by atoms with Crippen LogP contribution in [0.4, 0.5) is 32.0 Å². The average molecular weight is 399 g/mol. The molecule has 0 amide bonds. The predicted molar refractivity (Wildman–Crippen MR) is 81.1 cm³/mol. The van der Waals surface area contributed by atoms with Crippen molar-refractivity contribution in [3.8, 4) is 11.5 Å². The number of halogens is 6. The first-order chi connectivity index (χ1) is 13.0. The number of carbonyl (C=O) groups is 1. The van der Waals surface area contributed by atoms with Crippen molar-refractivity contribution in [1.82, 2.24) is 0 Å². The molecular weight excluding hydrogens is 392 g/mol. The number of alkyl halides is 5. The van der Waals surface area contributed by atoms with Crippen LogP contribution in [-0.4, -0.2) is 23.0 Å². The van der Waals surface area contributed by atoms with Crippen LogP contribution in [0.3, 0.4) is 0 Å². The molecule has 4 nitrogen and oxygen atoms in total. The first-order valence-electron chi connectivity index (χ1n) is 7.67. The highest BCUT2D eigenvalue weighted by molar-refractivity contribution is 6.09. The van der Waals surface area contributed by atoms with Gasteiger partial charge in [0, 0.05) is 17.2 Å². The Morgan fingerprint density at radius 3 is 2.46 bits per heavy atom. The third kappa shape index (κ3) is 1.91. The van der Waals surface area contributed by atoms with Gasteiger partial charge in [-0.25, -0.2) is 13.6 Å². The lowest BCUT2D eigenvalue weighted by molar-refractivity contribution is -0.294. The van der Waals surface area contributed by atoms with E-state index < -0.39 is 57.7 Å². The van der Waals surface area contributed by atoms with E-state index in [1.165, 1.54) is 0 Å². The molecule has 0 bridgehead atoms. The summed E-state index contributed by atoms with van der Waals surface area (Å²) in [6.45, 7) is 6.87. The molecule has 2 aromatic rings. The van der Waals surface area contributed by atoms with Gasteiger partial charge in [0.1, 0.15) is 17.3 Å². The fourth-order valence-corrected chi connectivity index (χ4v) is 3.54. The lowest BCUT2D eigenvalue weighted by Gasteiger charge is -2.31. The second kappa shape index (κ2) is 5.26. The van der Waals surface area contributed by atoms with Crippen molar-refractivity contribution in [2.45, 2.75) is 23.6 Å². The maximum Gasteiger partial charge on any atom is 0.350 e. The van der Waals surface area contributed by atoms with E-state index in [0.717, 1.165) is 24.3 Å². The number of hydrogen-bond donors (Lipinski definition) is 1. The summed E-state index contributed by atoms with van der Waals surface area (Å²) in [5.41, 5.74) is -7.87. The van der Waals surface area contributed by atoms with Crippen LogP contribution in [0.1, 0.15) is 21.5 Å². The van der Waals surface area contributed by atoms with E-state index in [1.54, 1.807) is 0 Å². The monoisotopic (exact) mass is 399 g/mol. The molecule has 2 aromatic carbocycles. The molecule has 0 fully saturated rings. The SMILES string of the molecule is [C-]#[N+]c1cc(F)cc(Oc2ccc3c4c2C(=O)[C@H](F)[C@]4(O)C(F)(F)C3(F)F)c1. The lowest BCUT2D eigenvalue weighted by atomic mass is 9.93. The molecule has 2 aliphatic rings. The lowest BCUT2D eigenvalue weighted by Crippen LogP contribution is -2.53. The minimum absolute atomic E-state index is 0.197. The third-order valence-corrected chi connectivity index (χ3v) is 4.82. The predicted octanol–water partition coefficient (Wildman–Crippen LogP) is 4.63. The van der Waals surface area contributed by atoms with Gasteiger partial charge in [-0.1, -0.05) is 0 Å². The van der Waals surface area contributed by atoms with Gasteiger partial charge >= 0.3 is 11.8 Å². The molecule has 0 saturated heterocycles. The Hall–Kier alpha value is -3.06.